The largest absolute Gasteiger partial charge is 0.465 e. The van der Waals surface area contributed by atoms with E-state index in [1.165, 1.54) is 12.0 Å². The van der Waals surface area contributed by atoms with E-state index in [2.05, 4.69) is 27.0 Å². The summed E-state index contributed by atoms with van der Waals surface area (Å²) >= 11 is 3.49. The number of carbonyl (C=O) groups is 2. The molecule has 144 valence electrons. The van der Waals surface area contributed by atoms with Gasteiger partial charge in [0.2, 0.25) is 0 Å². The fourth-order valence-corrected chi connectivity index (χ4v) is 3.69. The van der Waals surface area contributed by atoms with Crippen LogP contribution in [0.3, 0.4) is 0 Å². The molecule has 8 heteroatoms. The second-order valence-electron chi connectivity index (χ2n) is 7.22. The number of halogens is 1. The van der Waals surface area contributed by atoms with Gasteiger partial charge < -0.3 is 14.8 Å². The van der Waals surface area contributed by atoms with Gasteiger partial charge in [0, 0.05) is 15.4 Å². The lowest BCUT2D eigenvalue weighted by molar-refractivity contribution is 0.0594. The van der Waals surface area contributed by atoms with Gasteiger partial charge in [0.1, 0.15) is 11.7 Å². The summed E-state index contributed by atoms with van der Waals surface area (Å²) in [6.45, 7) is 5.30. The highest BCUT2D eigenvalue weighted by molar-refractivity contribution is 9.10. The van der Waals surface area contributed by atoms with Crippen molar-refractivity contribution in [2.24, 2.45) is 0 Å². The molecule has 2 rings (SSSR count). The van der Waals surface area contributed by atoms with Gasteiger partial charge in [-0.2, -0.15) is 5.26 Å². The molecule has 0 saturated heterocycles. The number of aromatic nitrogens is 1. The highest BCUT2D eigenvalue weighted by Gasteiger charge is 2.33. The van der Waals surface area contributed by atoms with Crippen LogP contribution in [0, 0.1) is 11.3 Å². The minimum absolute atomic E-state index is 0.352. The van der Waals surface area contributed by atoms with E-state index in [0.29, 0.717) is 18.5 Å². The average molecular weight is 436 g/mol. The van der Waals surface area contributed by atoms with E-state index in [9.17, 15) is 20.0 Å². The second-order valence-corrected chi connectivity index (χ2v) is 8.08. The van der Waals surface area contributed by atoms with Crippen LogP contribution < -0.4 is 0 Å². The maximum absolute atomic E-state index is 11.7. The number of carboxylic acid groups (broad SMARTS) is 1. The van der Waals surface area contributed by atoms with Crippen molar-refractivity contribution >= 4 is 38.9 Å². The predicted octanol–water partition coefficient (Wildman–Crippen LogP) is 4.32. The van der Waals surface area contributed by atoms with E-state index >= 15 is 0 Å². The maximum atomic E-state index is 11.7. The Hall–Kier alpha value is -2.53. The normalized spacial score (nSPS) is 12.4. The molecule has 1 aromatic carbocycles. The van der Waals surface area contributed by atoms with E-state index in [4.69, 9.17) is 4.74 Å². The first kappa shape index (κ1) is 20.8. The molecule has 0 bridgehead atoms. The number of ether oxygens (including phenoxy) is 1. The first-order chi connectivity index (χ1) is 12.6. The summed E-state index contributed by atoms with van der Waals surface area (Å²) in [6.07, 6.45) is -0.225. The Kier molecular flexibility index (Phi) is 6.16. The molecule has 7 nitrogen and oxygen atoms in total. The zero-order chi connectivity index (χ0) is 20.4. The van der Waals surface area contributed by atoms with Crippen LogP contribution in [0.1, 0.15) is 43.2 Å². The molecule has 0 aliphatic heterocycles. The van der Waals surface area contributed by atoms with Crippen LogP contribution in [-0.2, 0) is 11.2 Å². The summed E-state index contributed by atoms with van der Waals surface area (Å²) in [6, 6.07) is 6.87. The van der Waals surface area contributed by atoms with E-state index in [-0.39, 0.29) is 0 Å². The average Bonchev–Trinajstić information content (AvgIpc) is 3.00. The predicted molar refractivity (Wildman–Crippen MR) is 105 cm³/mol. The van der Waals surface area contributed by atoms with E-state index < -0.39 is 23.6 Å². The molecule has 1 amide bonds. The number of methoxy groups -OCH3 is 1. The number of hydrogen-bond acceptors (Lipinski definition) is 4. The number of nitriles is 1. The smallest absolute Gasteiger partial charge is 0.408 e. The molecule has 1 aromatic heterocycles. The van der Waals surface area contributed by atoms with Crippen molar-refractivity contribution in [2.45, 2.75) is 45.2 Å². The Morgan fingerprint density at radius 2 is 2.04 bits per heavy atom. The van der Waals surface area contributed by atoms with Gasteiger partial charge in [-0.15, -0.1) is 0 Å². The van der Waals surface area contributed by atoms with Gasteiger partial charge in [-0.05, 0) is 73.3 Å². The third-order valence-corrected chi connectivity index (χ3v) is 4.87. The number of nitrogens with one attached hydrogen (secondary N) is 1. The zero-order valence-corrected chi connectivity index (χ0v) is 17.3. The Morgan fingerprint density at radius 1 is 1.37 bits per heavy atom. The molecule has 0 spiro atoms. The Morgan fingerprint density at radius 3 is 2.56 bits per heavy atom. The van der Waals surface area contributed by atoms with Crippen molar-refractivity contribution in [1.29, 1.82) is 5.26 Å². The third kappa shape index (κ3) is 4.61. The number of esters is 1. The summed E-state index contributed by atoms with van der Waals surface area (Å²) < 4.78 is 5.51. The number of nitrogens with zero attached hydrogens (tertiary/aromatic N) is 2. The van der Waals surface area contributed by atoms with Crippen LogP contribution in [0.5, 0.6) is 0 Å². The monoisotopic (exact) mass is 435 g/mol. The number of amides is 1. The van der Waals surface area contributed by atoms with E-state index in [1.54, 1.807) is 26.8 Å². The standard InChI is InChI=1S/C19H22BrN3O4/c1-19(2,3)23(18(25)26)13(10-21)6-5-11-7-12-9-15(17(24)27-4)22-16(12)14(20)8-11/h7-9,13,22H,5-6H2,1-4H3,(H,25,26). The van der Waals surface area contributed by atoms with E-state index in [0.717, 1.165) is 20.9 Å². The Labute approximate surface area is 166 Å². The fourth-order valence-electron chi connectivity index (χ4n) is 3.07. The SMILES string of the molecule is COC(=O)c1cc2cc(CCC(C#N)N(C(=O)O)C(C)(C)C)cc(Br)c2[nH]1. The van der Waals surface area contributed by atoms with Gasteiger partial charge >= 0.3 is 12.1 Å². The number of rotatable bonds is 5. The van der Waals surface area contributed by atoms with Crippen LogP contribution in [0.15, 0.2) is 22.7 Å². The van der Waals surface area contributed by atoms with Gasteiger partial charge in [0.15, 0.2) is 0 Å². The number of H-pyrrole nitrogens is 1. The lowest BCUT2D eigenvalue weighted by Crippen LogP contribution is -2.50. The highest BCUT2D eigenvalue weighted by atomic mass is 79.9. The van der Waals surface area contributed by atoms with Crippen LogP contribution in [-0.4, -0.2) is 45.7 Å². The van der Waals surface area contributed by atoms with Gasteiger partial charge in [-0.25, -0.2) is 9.59 Å². The quantitative estimate of drug-likeness (QED) is 0.679. The van der Waals surface area contributed by atoms with Crippen molar-refractivity contribution in [2.75, 3.05) is 7.11 Å². The maximum Gasteiger partial charge on any atom is 0.408 e. The first-order valence-electron chi connectivity index (χ1n) is 8.39. The summed E-state index contributed by atoms with van der Waals surface area (Å²) in [5, 5.41) is 19.8. The second kappa shape index (κ2) is 8.01. The van der Waals surface area contributed by atoms with Crippen molar-refractivity contribution < 1.29 is 19.4 Å². The number of fused-ring (bicyclic) bond motifs is 1. The minimum atomic E-state index is -1.11. The molecule has 1 heterocycles. The van der Waals surface area contributed by atoms with Gasteiger partial charge in [0.25, 0.3) is 0 Å². The molecule has 1 unspecified atom stereocenters. The minimum Gasteiger partial charge on any atom is -0.465 e. The molecule has 0 aliphatic carbocycles. The number of benzene rings is 1. The molecule has 2 N–H and O–H groups in total. The lowest BCUT2D eigenvalue weighted by Gasteiger charge is -2.36. The number of hydrogen-bond donors (Lipinski definition) is 2. The number of carbonyl (C=O) groups excluding carboxylic acids is 1. The molecule has 2 aromatic rings. The first-order valence-corrected chi connectivity index (χ1v) is 9.19. The van der Waals surface area contributed by atoms with Crippen LogP contribution in [0.4, 0.5) is 4.79 Å². The summed E-state index contributed by atoms with van der Waals surface area (Å²) in [4.78, 5) is 27.5. The molecular formula is C19H22BrN3O4. The Balaban J connectivity index is 2.26. The van der Waals surface area contributed by atoms with Crippen LogP contribution in [0.2, 0.25) is 0 Å². The van der Waals surface area contributed by atoms with Gasteiger partial charge in [-0.3, -0.25) is 4.90 Å². The molecule has 27 heavy (non-hydrogen) atoms. The number of aryl methyl sites for hydroxylation is 1. The summed E-state index contributed by atoms with van der Waals surface area (Å²) in [5.74, 6) is -0.452. The molecular weight excluding hydrogens is 414 g/mol. The molecule has 0 aliphatic rings. The van der Waals surface area contributed by atoms with Crippen molar-refractivity contribution in [3.05, 3.63) is 33.9 Å². The molecule has 1 atom stereocenters. The number of aromatic amines is 1. The Bertz CT molecular complexity index is 908. The fraction of sp³-hybridized carbons (Fsp3) is 0.421. The molecule has 0 radical (unpaired) electrons. The van der Waals surface area contributed by atoms with Crippen molar-refractivity contribution in [3.63, 3.8) is 0 Å². The third-order valence-electron chi connectivity index (χ3n) is 4.24. The van der Waals surface area contributed by atoms with Crippen LogP contribution in [0.25, 0.3) is 10.9 Å². The van der Waals surface area contributed by atoms with Crippen LogP contribution >= 0.6 is 15.9 Å². The summed E-state index contributed by atoms with van der Waals surface area (Å²) in [7, 11) is 1.32. The topological polar surface area (TPSA) is 106 Å². The molecule has 0 fully saturated rings. The van der Waals surface area contributed by atoms with Crippen molar-refractivity contribution in [3.8, 4) is 6.07 Å². The lowest BCUT2D eigenvalue weighted by atomic mass is 9.99. The zero-order valence-electron chi connectivity index (χ0n) is 15.7. The molecule has 0 saturated carbocycles. The van der Waals surface area contributed by atoms with Crippen molar-refractivity contribution in [1.82, 2.24) is 9.88 Å². The highest BCUT2D eigenvalue weighted by Crippen LogP contribution is 2.28. The van der Waals surface area contributed by atoms with E-state index in [1.807, 2.05) is 12.1 Å². The summed E-state index contributed by atoms with van der Waals surface area (Å²) in [5.41, 5.74) is 1.39. The van der Waals surface area contributed by atoms with Gasteiger partial charge in [0.05, 0.1) is 18.7 Å². The van der Waals surface area contributed by atoms with Gasteiger partial charge in [-0.1, -0.05) is 0 Å².